The van der Waals surface area contributed by atoms with Crippen molar-refractivity contribution < 1.29 is 29.4 Å². The number of nitrogens with zero attached hydrogens (tertiary/aromatic N) is 2. The Morgan fingerprint density at radius 3 is 2.70 bits per heavy atom. The molecular formula is C20H14N3O7-. The monoisotopic (exact) mass is 408 g/mol. The van der Waals surface area contributed by atoms with E-state index in [1.165, 1.54) is 13.2 Å². The maximum Gasteiger partial charge on any atom is 0.344 e. The van der Waals surface area contributed by atoms with Crippen molar-refractivity contribution in [1.82, 2.24) is 0 Å². The third kappa shape index (κ3) is 2.77. The third-order valence-electron chi connectivity index (χ3n) is 4.78. The summed E-state index contributed by atoms with van der Waals surface area (Å²) < 4.78 is 15.9. The van der Waals surface area contributed by atoms with Gasteiger partial charge in [0.05, 0.1) is 24.0 Å². The number of anilines is 1. The zero-order chi connectivity index (χ0) is 21.6. The maximum absolute atomic E-state index is 12.8. The summed E-state index contributed by atoms with van der Waals surface area (Å²) in [6, 6.07) is 10.8. The van der Waals surface area contributed by atoms with Crippen LogP contribution in [0.2, 0.25) is 0 Å². The van der Waals surface area contributed by atoms with E-state index in [1.54, 1.807) is 24.3 Å². The number of ether oxygens (including phenoxy) is 2. The number of hydrogen-bond acceptors (Lipinski definition) is 10. The Morgan fingerprint density at radius 1 is 1.30 bits per heavy atom. The largest absolute Gasteiger partial charge is 0.870 e. The summed E-state index contributed by atoms with van der Waals surface area (Å²) in [5.74, 6) is -2.33. The van der Waals surface area contributed by atoms with Gasteiger partial charge in [0, 0.05) is 0 Å². The molecule has 0 amide bonds. The second-order valence-corrected chi connectivity index (χ2v) is 6.41. The molecule has 0 radical (unpaired) electrons. The van der Waals surface area contributed by atoms with E-state index in [0.717, 1.165) is 6.07 Å². The lowest BCUT2D eigenvalue weighted by Gasteiger charge is -2.28. The molecule has 1 aromatic heterocycles. The van der Waals surface area contributed by atoms with Crippen molar-refractivity contribution >= 4 is 16.7 Å². The predicted molar refractivity (Wildman–Crippen MR) is 100 cm³/mol. The molecule has 0 fully saturated rings. The van der Waals surface area contributed by atoms with Crippen molar-refractivity contribution in [2.75, 3.05) is 12.3 Å². The van der Waals surface area contributed by atoms with Gasteiger partial charge in [-0.3, -0.25) is 10.4 Å². The van der Waals surface area contributed by atoms with Gasteiger partial charge in [0.2, 0.25) is 5.88 Å². The number of methoxy groups -OCH3 is 1. The summed E-state index contributed by atoms with van der Waals surface area (Å²) in [6.07, 6.45) is 0. The lowest BCUT2D eigenvalue weighted by atomic mass is 9.83. The average Bonchev–Trinajstić information content (AvgIpc) is 2.72. The fourth-order valence-electron chi connectivity index (χ4n) is 3.53. The summed E-state index contributed by atoms with van der Waals surface area (Å²) in [5.41, 5.74) is 4.95. The zero-order valence-electron chi connectivity index (χ0n) is 15.4. The van der Waals surface area contributed by atoms with Crippen LogP contribution < -0.4 is 31.2 Å². The van der Waals surface area contributed by atoms with Crippen LogP contribution in [0.5, 0.6) is 17.2 Å². The number of hydrogen-bond donors (Lipinski definition) is 3. The van der Waals surface area contributed by atoms with Gasteiger partial charge < -0.3 is 24.7 Å². The molecule has 0 spiro atoms. The molecule has 30 heavy (non-hydrogen) atoms. The summed E-state index contributed by atoms with van der Waals surface area (Å²) in [4.78, 5) is 12.8. The van der Waals surface area contributed by atoms with E-state index in [9.17, 15) is 25.6 Å². The van der Waals surface area contributed by atoms with Gasteiger partial charge in [-0.1, -0.05) is 23.9 Å². The highest BCUT2D eigenvalue weighted by atomic mass is 16.8. The molecule has 1 aliphatic rings. The van der Waals surface area contributed by atoms with Gasteiger partial charge in [-0.15, -0.1) is 5.23 Å². The Morgan fingerprint density at radius 2 is 2.03 bits per heavy atom. The molecule has 0 aliphatic carbocycles. The van der Waals surface area contributed by atoms with Crippen LogP contribution in [0.15, 0.2) is 57.1 Å². The molecule has 10 nitrogen and oxygen atoms in total. The van der Waals surface area contributed by atoms with Crippen LogP contribution in [0.25, 0.3) is 11.0 Å². The number of nitriles is 1. The number of benzene rings is 2. The second-order valence-electron chi connectivity index (χ2n) is 6.41. The smallest absolute Gasteiger partial charge is 0.344 e. The Labute approximate surface area is 168 Å². The maximum atomic E-state index is 12.8. The molecular weight excluding hydrogens is 394 g/mol. The minimum Gasteiger partial charge on any atom is -0.870 e. The van der Waals surface area contributed by atoms with Gasteiger partial charge in [0.15, 0.2) is 5.75 Å². The van der Waals surface area contributed by atoms with Crippen molar-refractivity contribution in [2.24, 2.45) is 5.73 Å². The van der Waals surface area contributed by atoms with Gasteiger partial charge in [0.25, 0.3) is 0 Å². The van der Waals surface area contributed by atoms with E-state index < -0.39 is 17.3 Å². The summed E-state index contributed by atoms with van der Waals surface area (Å²) >= 11 is 0. The molecule has 1 aliphatic heterocycles. The van der Waals surface area contributed by atoms with Crippen LogP contribution >= 0.6 is 0 Å². The van der Waals surface area contributed by atoms with Crippen molar-refractivity contribution in [3.63, 3.8) is 0 Å². The van der Waals surface area contributed by atoms with E-state index in [2.05, 4.69) is 0 Å². The number of allylic oxidation sites excluding steroid dienone is 1. The van der Waals surface area contributed by atoms with Gasteiger partial charge in [-0.25, -0.2) is 4.79 Å². The third-order valence-corrected chi connectivity index (χ3v) is 4.78. The van der Waals surface area contributed by atoms with Crippen LogP contribution in [0.1, 0.15) is 17.0 Å². The molecule has 2 aromatic carbocycles. The first kappa shape index (κ1) is 19.1. The SMILES string of the molecule is COc1c([O-])cc([C@@H]2C(C#N)=C(N)Oc3c2c(=O)oc2ccccc32)cc1N(O)O. The molecule has 4 rings (SSSR count). The summed E-state index contributed by atoms with van der Waals surface area (Å²) in [7, 11) is 1.19. The van der Waals surface area contributed by atoms with Crippen molar-refractivity contribution in [2.45, 2.75) is 5.92 Å². The highest BCUT2D eigenvalue weighted by molar-refractivity contribution is 5.86. The molecule has 0 unspecified atom stereocenters. The minimum absolute atomic E-state index is 0.0441. The first-order valence-electron chi connectivity index (χ1n) is 8.57. The summed E-state index contributed by atoms with van der Waals surface area (Å²) in [6.45, 7) is 0. The number of para-hydroxylation sites is 1. The number of rotatable bonds is 3. The molecule has 152 valence electrons. The highest BCUT2D eigenvalue weighted by Crippen LogP contribution is 2.46. The highest BCUT2D eigenvalue weighted by Gasteiger charge is 2.36. The van der Waals surface area contributed by atoms with E-state index in [1.807, 2.05) is 6.07 Å². The number of nitrogens with two attached hydrogens (primary N) is 1. The van der Waals surface area contributed by atoms with E-state index >= 15 is 0 Å². The van der Waals surface area contributed by atoms with Crippen LogP contribution in [-0.2, 0) is 0 Å². The lowest BCUT2D eigenvalue weighted by Crippen LogP contribution is -2.26. The molecule has 0 bridgehead atoms. The van der Waals surface area contributed by atoms with Gasteiger partial charge in [-0.05, 0) is 23.8 Å². The standard InChI is InChI=1S/C20H15N3O7/c1-28-18-12(23(26)27)6-9(7-13(18)24)15-11(8-21)19(22)30-17-10-4-2-3-5-14(10)29-20(25)16(15)17/h2-7,15,24,26-27H,22H2,1H3/p-1/t15-/m1/s1. The Kier molecular flexibility index (Phi) is 4.46. The fraction of sp³-hybridized carbons (Fsp3) is 0.100. The fourth-order valence-corrected chi connectivity index (χ4v) is 3.53. The summed E-state index contributed by atoms with van der Waals surface area (Å²) in [5, 5.41) is 41.3. The zero-order valence-corrected chi connectivity index (χ0v) is 15.4. The first-order chi connectivity index (χ1) is 14.4. The van der Waals surface area contributed by atoms with Crippen molar-refractivity contribution in [3.05, 3.63) is 69.4 Å². The van der Waals surface area contributed by atoms with Crippen LogP contribution in [0.3, 0.4) is 0 Å². The van der Waals surface area contributed by atoms with E-state index in [-0.39, 0.29) is 50.6 Å². The Balaban J connectivity index is 2.07. The Bertz CT molecular complexity index is 1300. The molecule has 3 aromatic rings. The quantitative estimate of drug-likeness (QED) is 0.429. The van der Waals surface area contributed by atoms with Crippen molar-refractivity contribution in [3.8, 4) is 23.3 Å². The van der Waals surface area contributed by atoms with Gasteiger partial charge in [-0.2, -0.15) is 5.26 Å². The molecule has 0 saturated heterocycles. The topological polar surface area (TPSA) is 165 Å². The predicted octanol–water partition coefficient (Wildman–Crippen LogP) is 1.68. The Hall–Kier alpha value is -4.20. The van der Waals surface area contributed by atoms with Gasteiger partial charge >= 0.3 is 5.63 Å². The average molecular weight is 408 g/mol. The van der Waals surface area contributed by atoms with Crippen LogP contribution in [0.4, 0.5) is 5.69 Å². The molecule has 2 heterocycles. The van der Waals surface area contributed by atoms with E-state index in [0.29, 0.717) is 5.39 Å². The molecule has 10 heteroatoms. The molecule has 0 saturated carbocycles. The van der Waals surface area contributed by atoms with Crippen LogP contribution in [0, 0.1) is 11.3 Å². The first-order valence-corrected chi connectivity index (χ1v) is 8.57. The lowest BCUT2D eigenvalue weighted by molar-refractivity contribution is -0.270. The van der Waals surface area contributed by atoms with Crippen molar-refractivity contribution in [1.29, 1.82) is 5.26 Å². The van der Waals surface area contributed by atoms with Crippen LogP contribution in [-0.4, -0.2) is 17.5 Å². The van der Waals surface area contributed by atoms with E-state index in [4.69, 9.17) is 19.6 Å². The number of fused-ring (bicyclic) bond motifs is 3. The van der Waals surface area contributed by atoms with Gasteiger partial charge in [0.1, 0.15) is 28.7 Å². The second kappa shape index (κ2) is 7.00. The molecule has 1 atom stereocenters. The normalized spacial score (nSPS) is 15.3. The molecule has 4 N–H and O–H groups in total. The minimum atomic E-state index is -1.14.